The number of aromatic amines is 1. The molecule has 0 radical (unpaired) electrons. The van der Waals surface area contributed by atoms with Gasteiger partial charge in [-0.1, -0.05) is 42.1 Å². The van der Waals surface area contributed by atoms with Crippen LogP contribution in [0.25, 0.3) is 16.7 Å². The molecule has 4 rings (SSSR count). The Morgan fingerprint density at radius 3 is 2.74 bits per heavy atom. The summed E-state index contributed by atoms with van der Waals surface area (Å²) in [6.45, 7) is 0. The Balaban J connectivity index is 1.66. The highest BCUT2D eigenvalue weighted by molar-refractivity contribution is 7.98. The standard InChI is InChI=1S/C18H13N5O3S/c24-17-15-10-19-22(13-6-2-1-3-7-13)16(15)20-18(21-17)27-11-12-5-4-8-14(9-12)23(25)26/h1-10H,11H2,(H,20,21,24). The van der Waals surface area contributed by atoms with Crippen LogP contribution in [0, 0.1) is 10.1 Å². The number of H-pyrrole nitrogens is 1. The second-order valence-electron chi connectivity index (χ2n) is 5.72. The smallest absolute Gasteiger partial charge is 0.269 e. The summed E-state index contributed by atoms with van der Waals surface area (Å²) in [5.74, 6) is 0.440. The number of nitro benzene ring substituents is 1. The Hall–Kier alpha value is -3.46. The zero-order valence-electron chi connectivity index (χ0n) is 13.9. The van der Waals surface area contributed by atoms with E-state index in [1.807, 2.05) is 30.3 Å². The summed E-state index contributed by atoms with van der Waals surface area (Å²) in [5, 5.41) is 16.0. The third-order valence-corrected chi connectivity index (χ3v) is 4.86. The lowest BCUT2D eigenvalue weighted by Gasteiger charge is -2.04. The molecule has 0 unspecified atom stereocenters. The molecule has 0 spiro atoms. The number of fused-ring (bicyclic) bond motifs is 1. The number of para-hydroxylation sites is 1. The van der Waals surface area contributed by atoms with E-state index in [9.17, 15) is 14.9 Å². The predicted octanol–water partition coefficient (Wildman–Crippen LogP) is 3.31. The van der Waals surface area contributed by atoms with Gasteiger partial charge in [0.15, 0.2) is 10.8 Å². The van der Waals surface area contributed by atoms with Crippen LogP contribution in [0.4, 0.5) is 5.69 Å². The van der Waals surface area contributed by atoms with Gasteiger partial charge < -0.3 is 4.98 Å². The highest BCUT2D eigenvalue weighted by Crippen LogP contribution is 2.23. The quantitative estimate of drug-likeness (QED) is 0.247. The van der Waals surface area contributed by atoms with E-state index in [2.05, 4.69) is 15.1 Å². The minimum absolute atomic E-state index is 0.0344. The van der Waals surface area contributed by atoms with Crippen LogP contribution in [-0.2, 0) is 5.75 Å². The van der Waals surface area contributed by atoms with Crippen molar-refractivity contribution in [1.82, 2.24) is 19.7 Å². The molecule has 2 aromatic carbocycles. The minimum atomic E-state index is -0.432. The van der Waals surface area contributed by atoms with Crippen LogP contribution in [0.5, 0.6) is 0 Å². The fourth-order valence-electron chi connectivity index (χ4n) is 2.64. The fourth-order valence-corrected chi connectivity index (χ4v) is 3.44. The lowest BCUT2D eigenvalue weighted by Crippen LogP contribution is -2.09. The van der Waals surface area contributed by atoms with Gasteiger partial charge >= 0.3 is 0 Å². The van der Waals surface area contributed by atoms with Crippen LogP contribution < -0.4 is 5.56 Å². The molecule has 2 aromatic heterocycles. The van der Waals surface area contributed by atoms with E-state index < -0.39 is 4.92 Å². The topological polar surface area (TPSA) is 107 Å². The van der Waals surface area contributed by atoms with Crippen LogP contribution in [0.3, 0.4) is 0 Å². The Bertz CT molecular complexity index is 1190. The number of rotatable bonds is 5. The largest absolute Gasteiger partial charge is 0.301 e. The summed E-state index contributed by atoms with van der Waals surface area (Å²) >= 11 is 1.30. The van der Waals surface area contributed by atoms with Crippen molar-refractivity contribution in [2.75, 3.05) is 0 Å². The van der Waals surface area contributed by atoms with Crippen LogP contribution in [-0.4, -0.2) is 24.7 Å². The maximum atomic E-state index is 12.3. The minimum Gasteiger partial charge on any atom is -0.301 e. The summed E-state index contributed by atoms with van der Waals surface area (Å²) < 4.78 is 1.61. The maximum Gasteiger partial charge on any atom is 0.269 e. The SMILES string of the molecule is O=c1[nH]c(SCc2cccc([N+](=O)[O-])c2)nc2c1cnn2-c1ccccc1. The molecule has 1 N–H and O–H groups in total. The van der Waals surface area contributed by atoms with Crippen molar-refractivity contribution in [2.45, 2.75) is 10.9 Å². The summed E-state index contributed by atoms with van der Waals surface area (Å²) in [5.41, 5.74) is 1.80. The van der Waals surface area contributed by atoms with Gasteiger partial charge in [0.1, 0.15) is 5.39 Å². The summed E-state index contributed by atoms with van der Waals surface area (Å²) in [6, 6.07) is 15.8. The van der Waals surface area contributed by atoms with E-state index in [-0.39, 0.29) is 11.2 Å². The van der Waals surface area contributed by atoms with Crippen molar-refractivity contribution >= 4 is 28.5 Å². The summed E-state index contributed by atoms with van der Waals surface area (Å²) in [4.78, 5) is 30.1. The first-order chi connectivity index (χ1) is 13.1. The number of aromatic nitrogens is 4. The second kappa shape index (κ2) is 7.04. The predicted molar refractivity (Wildman–Crippen MR) is 102 cm³/mol. The molecule has 0 aliphatic carbocycles. The van der Waals surface area contributed by atoms with Crippen LogP contribution in [0.1, 0.15) is 5.56 Å². The van der Waals surface area contributed by atoms with E-state index in [4.69, 9.17) is 0 Å². The third-order valence-electron chi connectivity index (χ3n) is 3.91. The van der Waals surface area contributed by atoms with Crippen LogP contribution in [0.15, 0.2) is 70.7 Å². The number of hydrogen-bond acceptors (Lipinski definition) is 6. The molecular weight excluding hydrogens is 366 g/mol. The number of benzene rings is 2. The first kappa shape index (κ1) is 17.0. The average molecular weight is 379 g/mol. The molecule has 0 atom stereocenters. The molecular formula is C18H13N5O3S. The van der Waals surface area contributed by atoms with E-state index in [1.54, 1.807) is 16.8 Å². The van der Waals surface area contributed by atoms with Crippen molar-refractivity contribution in [3.63, 3.8) is 0 Å². The molecule has 2 heterocycles. The summed E-state index contributed by atoms with van der Waals surface area (Å²) in [7, 11) is 0. The van der Waals surface area contributed by atoms with Gasteiger partial charge in [0.2, 0.25) is 0 Å². The molecule has 0 saturated heterocycles. The molecule has 134 valence electrons. The van der Waals surface area contributed by atoms with Gasteiger partial charge in [0, 0.05) is 17.9 Å². The van der Waals surface area contributed by atoms with Gasteiger partial charge in [-0.05, 0) is 17.7 Å². The van der Waals surface area contributed by atoms with E-state index in [1.165, 1.54) is 30.1 Å². The molecule has 0 fully saturated rings. The molecule has 4 aromatic rings. The monoisotopic (exact) mass is 379 g/mol. The number of hydrogen-bond donors (Lipinski definition) is 1. The molecule has 0 aliphatic heterocycles. The normalized spacial score (nSPS) is 11.0. The van der Waals surface area contributed by atoms with Gasteiger partial charge in [0.05, 0.1) is 16.8 Å². The number of nitro groups is 1. The zero-order chi connectivity index (χ0) is 18.8. The van der Waals surface area contributed by atoms with Gasteiger partial charge in [0.25, 0.3) is 11.2 Å². The third kappa shape index (κ3) is 3.44. The first-order valence-corrected chi connectivity index (χ1v) is 9.00. The molecule has 0 bridgehead atoms. The lowest BCUT2D eigenvalue weighted by molar-refractivity contribution is -0.384. The Morgan fingerprint density at radius 1 is 1.15 bits per heavy atom. The van der Waals surface area contributed by atoms with Crippen molar-refractivity contribution < 1.29 is 4.92 Å². The Kier molecular flexibility index (Phi) is 4.43. The van der Waals surface area contributed by atoms with Gasteiger partial charge in [-0.3, -0.25) is 14.9 Å². The Morgan fingerprint density at radius 2 is 1.96 bits per heavy atom. The zero-order valence-corrected chi connectivity index (χ0v) is 14.7. The van der Waals surface area contributed by atoms with E-state index in [0.717, 1.165) is 11.3 Å². The number of thioether (sulfide) groups is 1. The highest BCUT2D eigenvalue weighted by Gasteiger charge is 2.12. The van der Waals surface area contributed by atoms with Crippen molar-refractivity contribution in [3.8, 4) is 5.69 Å². The van der Waals surface area contributed by atoms with E-state index in [0.29, 0.717) is 21.9 Å². The van der Waals surface area contributed by atoms with Crippen LogP contribution >= 0.6 is 11.8 Å². The van der Waals surface area contributed by atoms with Crippen molar-refractivity contribution in [2.24, 2.45) is 0 Å². The lowest BCUT2D eigenvalue weighted by atomic mass is 10.2. The maximum absolute atomic E-state index is 12.3. The second-order valence-corrected chi connectivity index (χ2v) is 6.68. The molecule has 0 saturated carbocycles. The summed E-state index contributed by atoms with van der Waals surface area (Å²) in [6.07, 6.45) is 1.49. The van der Waals surface area contributed by atoms with Crippen LogP contribution in [0.2, 0.25) is 0 Å². The molecule has 0 amide bonds. The first-order valence-electron chi connectivity index (χ1n) is 8.01. The van der Waals surface area contributed by atoms with Gasteiger partial charge in [-0.15, -0.1) is 0 Å². The number of non-ortho nitro benzene ring substituents is 1. The van der Waals surface area contributed by atoms with Gasteiger partial charge in [-0.25, -0.2) is 9.67 Å². The van der Waals surface area contributed by atoms with Crippen molar-refractivity contribution in [3.05, 3.63) is 86.8 Å². The molecule has 27 heavy (non-hydrogen) atoms. The fraction of sp³-hybridized carbons (Fsp3) is 0.0556. The van der Waals surface area contributed by atoms with Crippen molar-refractivity contribution in [1.29, 1.82) is 0 Å². The van der Waals surface area contributed by atoms with E-state index >= 15 is 0 Å². The number of nitrogens with zero attached hydrogens (tertiary/aromatic N) is 4. The van der Waals surface area contributed by atoms with Gasteiger partial charge in [-0.2, -0.15) is 5.10 Å². The highest BCUT2D eigenvalue weighted by atomic mass is 32.2. The molecule has 8 nitrogen and oxygen atoms in total. The molecule has 9 heteroatoms. The molecule has 0 aliphatic rings. The Labute approximate surface area is 157 Å². The number of nitrogens with one attached hydrogen (secondary N) is 1. The average Bonchev–Trinajstić information content (AvgIpc) is 3.12.